The summed E-state index contributed by atoms with van der Waals surface area (Å²) in [6.45, 7) is 8.92. The molecular formula is C34H48N2. The lowest BCUT2D eigenvalue weighted by atomic mass is 9.91. The minimum absolute atomic E-state index is 0.996. The molecule has 36 heavy (non-hydrogen) atoms. The lowest BCUT2D eigenvalue weighted by molar-refractivity contribution is -0.345. The van der Waals surface area contributed by atoms with Gasteiger partial charge in [0.15, 0.2) is 0 Å². The van der Waals surface area contributed by atoms with Gasteiger partial charge < -0.3 is 5.53 Å². The Morgan fingerprint density at radius 3 is 1.31 bits per heavy atom. The molecule has 1 aliphatic heterocycles. The van der Waals surface area contributed by atoms with Crippen molar-refractivity contribution >= 4 is 11.4 Å². The van der Waals surface area contributed by atoms with Crippen LogP contribution in [0.4, 0.5) is 0 Å². The number of benzene rings is 2. The van der Waals surface area contributed by atoms with E-state index in [1.54, 1.807) is 0 Å². The molecule has 2 nitrogen and oxygen atoms in total. The maximum atomic E-state index is 11.7. The Bertz CT molecular complexity index is 1020. The molecule has 3 rings (SSSR count). The first-order valence-electron chi connectivity index (χ1n) is 14.8. The zero-order valence-electron chi connectivity index (χ0n) is 23.4. The Morgan fingerprint density at radius 1 is 0.500 bits per heavy atom. The van der Waals surface area contributed by atoms with Crippen LogP contribution in [-0.2, 0) is 12.8 Å². The summed E-state index contributed by atoms with van der Waals surface area (Å²) < 4.78 is 1.52. The molecule has 0 aliphatic carbocycles. The SMILES string of the molecule is CCCCCCCCCCC1=C(c2ccc(CC)cc2)[N+](=[N-])C(c2ccc(CC)cc2)=C1CCCC. The van der Waals surface area contributed by atoms with Gasteiger partial charge in [-0.25, -0.2) is 4.70 Å². The van der Waals surface area contributed by atoms with Crippen molar-refractivity contribution in [2.24, 2.45) is 0 Å². The van der Waals surface area contributed by atoms with Gasteiger partial charge in [0.25, 0.3) is 0 Å². The van der Waals surface area contributed by atoms with E-state index >= 15 is 0 Å². The van der Waals surface area contributed by atoms with Crippen LogP contribution in [0.2, 0.25) is 0 Å². The average molecular weight is 485 g/mol. The molecule has 1 aliphatic rings. The van der Waals surface area contributed by atoms with Gasteiger partial charge in [-0.1, -0.05) is 103 Å². The standard InChI is InChI=1S/C34H48N2/c1-5-9-11-12-13-14-15-16-18-32-31(17-10-6-2)33(29-23-19-27(7-3)20-24-29)36(35)34(32)30-25-21-28(8-4)22-26-30/h19-26H,5-18H2,1-4H3. The van der Waals surface area contributed by atoms with E-state index in [0.29, 0.717) is 0 Å². The molecule has 0 saturated carbocycles. The van der Waals surface area contributed by atoms with E-state index in [4.69, 9.17) is 0 Å². The first-order valence-corrected chi connectivity index (χ1v) is 14.8. The summed E-state index contributed by atoms with van der Waals surface area (Å²) >= 11 is 0. The Labute approximate surface area is 221 Å². The number of rotatable bonds is 16. The fourth-order valence-corrected chi connectivity index (χ4v) is 5.37. The van der Waals surface area contributed by atoms with E-state index in [9.17, 15) is 5.53 Å². The zero-order valence-corrected chi connectivity index (χ0v) is 23.4. The molecule has 194 valence electrons. The number of nitrogens with zero attached hydrogens (tertiary/aromatic N) is 2. The summed E-state index contributed by atoms with van der Waals surface area (Å²) in [5.74, 6) is 0. The van der Waals surface area contributed by atoms with Crippen LogP contribution in [0, 0.1) is 0 Å². The summed E-state index contributed by atoms with van der Waals surface area (Å²) in [6.07, 6.45) is 17.0. The molecule has 1 heterocycles. The third kappa shape index (κ3) is 7.28. The van der Waals surface area contributed by atoms with E-state index in [1.165, 1.54) is 78.3 Å². The number of hydrogen-bond donors (Lipinski definition) is 0. The molecular weight excluding hydrogens is 436 g/mol. The first-order chi connectivity index (χ1) is 17.6. The van der Waals surface area contributed by atoms with Gasteiger partial charge in [-0.05, 0) is 73.9 Å². The predicted molar refractivity (Wildman–Crippen MR) is 156 cm³/mol. The maximum Gasteiger partial charge on any atom is 0.211 e. The summed E-state index contributed by atoms with van der Waals surface area (Å²) in [5, 5.41) is 0. The molecule has 0 unspecified atom stereocenters. The van der Waals surface area contributed by atoms with Crippen molar-refractivity contribution in [2.75, 3.05) is 0 Å². The molecule has 0 radical (unpaired) electrons. The maximum absolute atomic E-state index is 11.7. The molecule has 0 N–H and O–H groups in total. The van der Waals surface area contributed by atoms with Gasteiger partial charge in [0.05, 0.1) is 0 Å². The Kier molecular flexibility index (Phi) is 11.7. The highest BCUT2D eigenvalue weighted by molar-refractivity contribution is 5.82. The van der Waals surface area contributed by atoms with Crippen LogP contribution < -0.4 is 0 Å². The van der Waals surface area contributed by atoms with Crippen LogP contribution >= 0.6 is 0 Å². The van der Waals surface area contributed by atoms with Crippen molar-refractivity contribution in [3.8, 4) is 0 Å². The van der Waals surface area contributed by atoms with Gasteiger partial charge in [0, 0.05) is 22.3 Å². The van der Waals surface area contributed by atoms with E-state index < -0.39 is 0 Å². The van der Waals surface area contributed by atoms with Crippen molar-refractivity contribution in [3.05, 3.63) is 87.5 Å². The molecule has 2 heteroatoms. The zero-order chi connectivity index (χ0) is 25.8. The average Bonchev–Trinajstić information content (AvgIpc) is 3.19. The number of allylic oxidation sites excluding steroid dienone is 2. The van der Waals surface area contributed by atoms with Crippen LogP contribution in [0.15, 0.2) is 59.7 Å². The Morgan fingerprint density at radius 2 is 0.889 bits per heavy atom. The van der Waals surface area contributed by atoms with Crippen LogP contribution in [0.5, 0.6) is 0 Å². The van der Waals surface area contributed by atoms with Gasteiger partial charge in [0.2, 0.25) is 11.4 Å². The van der Waals surface area contributed by atoms with E-state index in [2.05, 4.69) is 76.2 Å². The molecule has 0 amide bonds. The highest BCUT2D eigenvalue weighted by atomic mass is 15.2. The predicted octanol–water partition coefficient (Wildman–Crippen LogP) is 10.7. The van der Waals surface area contributed by atoms with Crippen LogP contribution in [0.1, 0.15) is 127 Å². The van der Waals surface area contributed by atoms with Crippen molar-refractivity contribution in [2.45, 2.75) is 118 Å². The third-order valence-corrected chi connectivity index (χ3v) is 7.69. The highest BCUT2D eigenvalue weighted by Gasteiger charge is 2.35. The molecule has 0 saturated heterocycles. The number of hydrogen-bond acceptors (Lipinski definition) is 0. The molecule has 0 fully saturated rings. The molecule has 2 aromatic carbocycles. The quantitative estimate of drug-likeness (QED) is 0.167. The lowest BCUT2D eigenvalue weighted by Gasteiger charge is -2.10. The second-order valence-corrected chi connectivity index (χ2v) is 10.4. The van der Waals surface area contributed by atoms with E-state index in [1.807, 2.05) is 0 Å². The van der Waals surface area contributed by atoms with E-state index in [0.717, 1.165) is 61.0 Å². The first kappa shape index (κ1) is 28.1. The monoisotopic (exact) mass is 484 g/mol. The Balaban J connectivity index is 1.91. The Hall–Kier alpha value is -2.48. The second-order valence-electron chi connectivity index (χ2n) is 10.4. The summed E-state index contributed by atoms with van der Waals surface area (Å²) in [4.78, 5) is 0. The second kappa shape index (κ2) is 14.9. The fraction of sp³-hybridized carbons (Fsp3) is 0.529. The number of unbranched alkanes of at least 4 members (excludes halogenated alkanes) is 8. The molecule has 0 atom stereocenters. The van der Waals surface area contributed by atoms with Gasteiger partial charge in [-0.15, -0.1) is 0 Å². The topological polar surface area (TPSA) is 25.3 Å². The van der Waals surface area contributed by atoms with Gasteiger partial charge >= 0.3 is 0 Å². The molecule has 0 spiro atoms. The largest absolute Gasteiger partial charge is 0.493 e. The molecule has 2 aromatic rings. The van der Waals surface area contributed by atoms with Gasteiger partial charge in [0.1, 0.15) is 0 Å². The van der Waals surface area contributed by atoms with Gasteiger partial charge in [-0.3, -0.25) is 0 Å². The molecule has 0 aromatic heterocycles. The summed E-state index contributed by atoms with van der Waals surface area (Å²) in [5.41, 5.74) is 21.3. The minimum atomic E-state index is 0.996. The minimum Gasteiger partial charge on any atom is -0.493 e. The summed E-state index contributed by atoms with van der Waals surface area (Å²) in [6, 6.07) is 17.6. The number of aryl methyl sites for hydroxylation is 2. The van der Waals surface area contributed by atoms with E-state index in [-0.39, 0.29) is 0 Å². The third-order valence-electron chi connectivity index (χ3n) is 7.69. The van der Waals surface area contributed by atoms with Crippen molar-refractivity contribution in [3.63, 3.8) is 0 Å². The van der Waals surface area contributed by atoms with Crippen LogP contribution in [0.25, 0.3) is 16.9 Å². The highest BCUT2D eigenvalue weighted by Crippen LogP contribution is 2.44. The van der Waals surface area contributed by atoms with Crippen LogP contribution in [-0.4, -0.2) is 4.70 Å². The van der Waals surface area contributed by atoms with Gasteiger partial charge in [-0.2, -0.15) is 0 Å². The molecule has 0 bridgehead atoms. The smallest absolute Gasteiger partial charge is 0.211 e. The fourth-order valence-electron chi connectivity index (χ4n) is 5.37. The van der Waals surface area contributed by atoms with Crippen molar-refractivity contribution in [1.29, 1.82) is 0 Å². The van der Waals surface area contributed by atoms with Crippen molar-refractivity contribution < 1.29 is 4.70 Å². The van der Waals surface area contributed by atoms with Crippen molar-refractivity contribution in [1.82, 2.24) is 0 Å². The summed E-state index contributed by atoms with van der Waals surface area (Å²) in [7, 11) is 0. The lowest BCUT2D eigenvalue weighted by Crippen LogP contribution is -2.03. The normalized spacial score (nSPS) is 13.8. The van der Waals surface area contributed by atoms with Crippen LogP contribution in [0.3, 0.4) is 0 Å².